The van der Waals surface area contributed by atoms with Crippen LogP contribution in [0.25, 0.3) is 11.0 Å². The number of sulfonamides is 1. The molecule has 3 aromatic rings. The molecule has 1 aliphatic rings. The molecular formula is C17H16ClN3O2S. The Morgan fingerprint density at radius 1 is 1.04 bits per heavy atom. The van der Waals surface area contributed by atoms with Gasteiger partial charge in [-0.05, 0) is 36.2 Å². The van der Waals surface area contributed by atoms with Gasteiger partial charge in [-0.25, -0.2) is 17.7 Å². The van der Waals surface area contributed by atoms with Crippen molar-refractivity contribution < 1.29 is 8.42 Å². The van der Waals surface area contributed by atoms with E-state index in [4.69, 9.17) is 11.6 Å². The summed E-state index contributed by atoms with van der Waals surface area (Å²) in [6.45, 7) is 1.01. The zero-order valence-electron chi connectivity index (χ0n) is 12.9. The lowest BCUT2D eigenvalue weighted by atomic mass is 10.2. The highest BCUT2D eigenvalue weighted by Gasteiger charge is 2.33. The van der Waals surface area contributed by atoms with Crippen LogP contribution in [0, 0.1) is 0 Å². The Morgan fingerprint density at radius 2 is 1.79 bits per heavy atom. The van der Waals surface area contributed by atoms with E-state index < -0.39 is 10.0 Å². The third-order valence-corrected chi connectivity index (χ3v) is 6.26. The minimum Gasteiger partial charge on any atom is -0.307 e. The Hall–Kier alpha value is -2.05. The van der Waals surface area contributed by atoms with Crippen LogP contribution in [0.1, 0.15) is 5.56 Å². The van der Waals surface area contributed by atoms with Crippen molar-refractivity contribution in [2.75, 3.05) is 16.7 Å². The van der Waals surface area contributed by atoms with Crippen LogP contribution >= 0.6 is 11.6 Å². The van der Waals surface area contributed by atoms with Gasteiger partial charge in [0.1, 0.15) is 0 Å². The summed E-state index contributed by atoms with van der Waals surface area (Å²) in [4.78, 5) is 4.78. The Labute approximate surface area is 145 Å². The predicted octanol–water partition coefficient (Wildman–Crippen LogP) is 3.03. The fraction of sp³-hybridized carbons (Fsp3) is 0.235. The molecule has 2 heterocycles. The van der Waals surface area contributed by atoms with Crippen LogP contribution in [0.2, 0.25) is 0 Å². The molecule has 0 bridgehead atoms. The molecule has 0 N–H and O–H groups in total. The lowest BCUT2D eigenvalue weighted by Crippen LogP contribution is -2.29. The summed E-state index contributed by atoms with van der Waals surface area (Å²) in [5.74, 6) is 1.00. The summed E-state index contributed by atoms with van der Waals surface area (Å²) in [6.07, 6.45) is 0.724. The highest BCUT2D eigenvalue weighted by molar-refractivity contribution is 7.92. The lowest BCUT2D eigenvalue weighted by Gasteiger charge is -2.16. The van der Waals surface area contributed by atoms with Crippen molar-refractivity contribution in [3.05, 3.63) is 54.1 Å². The lowest BCUT2D eigenvalue weighted by molar-refractivity contribution is 0.592. The zero-order chi connectivity index (χ0) is 16.7. The standard InChI is InChI=1S/C17H16ClN3O2S/c18-10-9-13-5-7-14(8-6-13)24(22,23)21-12-11-20-16-4-2-1-3-15(16)19-17(20)21/h1-8H,9-12H2. The predicted molar refractivity (Wildman–Crippen MR) is 95.1 cm³/mol. The second kappa shape index (κ2) is 5.79. The Kier molecular flexibility index (Phi) is 3.73. The van der Waals surface area contributed by atoms with E-state index in [0.717, 1.165) is 23.0 Å². The maximum atomic E-state index is 13.0. The van der Waals surface area contributed by atoms with Gasteiger partial charge in [0.25, 0.3) is 10.0 Å². The Balaban J connectivity index is 1.74. The summed E-state index contributed by atoms with van der Waals surface area (Å²) in [7, 11) is -3.61. The van der Waals surface area contributed by atoms with E-state index in [1.54, 1.807) is 12.1 Å². The van der Waals surface area contributed by atoms with E-state index in [-0.39, 0.29) is 4.90 Å². The van der Waals surface area contributed by atoms with E-state index in [0.29, 0.717) is 24.9 Å². The molecular weight excluding hydrogens is 346 g/mol. The third-order valence-electron chi connectivity index (χ3n) is 4.28. The number of benzene rings is 2. The number of para-hydroxylation sites is 2. The number of aryl methyl sites for hydroxylation is 1. The molecule has 0 fully saturated rings. The number of nitrogens with zero attached hydrogens (tertiary/aromatic N) is 3. The number of imidazole rings is 1. The highest BCUT2D eigenvalue weighted by atomic mass is 35.5. The first-order valence-electron chi connectivity index (χ1n) is 7.74. The third kappa shape index (κ3) is 2.37. The molecule has 7 heteroatoms. The molecule has 0 unspecified atom stereocenters. The molecule has 0 atom stereocenters. The number of hydrogen-bond donors (Lipinski definition) is 0. The average Bonchev–Trinajstić information content (AvgIpc) is 3.15. The number of alkyl halides is 1. The van der Waals surface area contributed by atoms with Crippen LogP contribution in [0.3, 0.4) is 0 Å². The van der Waals surface area contributed by atoms with E-state index in [1.807, 2.05) is 41.0 Å². The summed E-state index contributed by atoms with van der Waals surface area (Å²) < 4.78 is 29.3. The van der Waals surface area contributed by atoms with Crippen LogP contribution in [-0.2, 0) is 23.0 Å². The van der Waals surface area contributed by atoms with Gasteiger partial charge in [-0.2, -0.15) is 0 Å². The van der Waals surface area contributed by atoms with Gasteiger partial charge >= 0.3 is 0 Å². The molecule has 0 aliphatic carbocycles. The van der Waals surface area contributed by atoms with E-state index in [9.17, 15) is 8.42 Å². The number of anilines is 1. The van der Waals surface area contributed by atoms with Crippen LogP contribution in [0.15, 0.2) is 53.4 Å². The first-order valence-corrected chi connectivity index (χ1v) is 9.71. The highest BCUT2D eigenvalue weighted by Crippen LogP contribution is 2.31. The molecule has 2 aromatic carbocycles. The number of halogens is 1. The van der Waals surface area contributed by atoms with Gasteiger partial charge in [0, 0.05) is 12.4 Å². The van der Waals surface area contributed by atoms with Crippen molar-refractivity contribution in [1.82, 2.24) is 9.55 Å². The Bertz CT molecular complexity index is 996. The second-order valence-electron chi connectivity index (χ2n) is 5.71. The summed E-state index contributed by atoms with van der Waals surface area (Å²) >= 11 is 5.73. The van der Waals surface area contributed by atoms with Crippen molar-refractivity contribution in [1.29, 1.82) is 0 Å². The minimum atomic E-state index is -3.61. The van der Waals surface area contributed by atoms with Crippen LogP contribution in [0.4, 0.5) is 5.95 Å². The van der Waals surface area contributed by atoms with Gasteiger partial charge in [-0.3, -0.25) is 0 Å². The van der Waals surface area contributed by atoms with Crippen molar-refractivity contribution in [2.45, 2.75) is 17.9 Å². The fourth-order valence-corrected chi connectivity index (χ4v) is 4.69. The fourth-order valence-electron chi connectivity index (χ4n) is 3.06. The van der Waals surface area contributed by atoms with E-state index in [2.05, 4.69) is 4.98 Å². The topological polar surface area (TPSA) is 55.2 Å². The number of aromatic nitrogens is 2. The number of fused-ring (bicyclic) bond motifs is 3. The van der Waals surface area contributed by atoms with Gasteiger partial charge < -0.3 is 4.57 Å². The van der Waals surface area contributed by atoms with Crippen molar-refractivity contribution >= 4 is 38.6 Å². The number of rotatable bonds is 4. The summed E-state index contributed by atoms with van der Waals surface area (Å²) in [5.41, 5.74) is 2.80. The maximum Gasteiger partial charge on any atom is 0.266 e. The largest absolute Gasteiger partial charge is 0.307 e. The van der Waals surface area contributed by atoms with Crippen molar-refractivity contribution in [3.8, 4) is 0 Å². The molecule has 4 rings (SSSR count). The van der Waals surface area contributed by atoms with Crippen molar-refractivity contribution in [2.24, 2.45) is 0 Å². The van der Waals surface area contributed by atoms with Gasteiger partial charge in [0.05, 0.1) is 22.5 Å². The van der Waals surface area contributed by atoms with Crippen LogP contribution in [0.5, 0.6) is 0 Å². The maximum absolute atomic E-state index is 13.0. The zero-order valence-corrected chi connectivity index (χ0v) is 14.5. The van der Waals surface area contributed by atoms with Crippen LogP contribution in [-0.4, -0.2) is 30.4 Å². The molecule has 124 valence electrons. The smallest absolute Gasteiger partial charge is 0.266 e. The first-order chi connectivity index (χ1) is 11.6. The van der Waals surface area contributed by atoms with Gasteiger partial charge in [0.15, 0.2) is 0 Å². The average molecular weight is 362 g/mol. The molecule has 1 aliphatic heterocycles. The summed E-state index contributed by atoms with van der Waals surface area (Å²) in [6, 6.07) is 14.6. The van der Waals surface area contributed by atoms with Gasteiger partial charge in [-0.1, -0.05) is 24.3 Å². The van der Waals surface area contributed by atoms with Gasteiger partial charge in [-0.15, -0.1) is 11.6 Å². The quantitative estimate of drug-likeness (QED) is 0.671. The summed E-state index contributed by atoms with van der Waals surface area (Å²) in [5, 5.41) is 0. The van der Waals surface area contributed by atoms with Crippen LogP contribution < -0.4 is 4.31 Å². The normalized spacial score (nSPS) is 14.3. The first kappa shape index (κ1) is 15.5. The molecule has 5 nitrogen and oxygen atoms in total. The second-order valence-corrected chi connectivity index (χ2v) is 7.95. The molecule has 0 radical (unpaired) electrons. The van der Waals surface area contributed by atoms with E-state index in [1.165, 1.54) is 4.31 Å². The number of hydrogen-bond acceptors (Lipinski definition) is 3. The molecule has 0 saturated carbocycles. The van der Waals surface area contributed by atoms with Crippen molar-refractivity contribution in [3.63, 3.8) is 0 Å². The van der Waals surface area contributed by atoms with Gasteiger partial charge in [0.2, 0.25) is 5.95 Å². The molecule has 0 saturated heterocycles. The Morgan fingerprint density at radius 3 is 2.54 bits per heavy atom. The van der Waals surface area contributed by atoms with E-state index >= 15 is 0 Å². The molecule has 24 heavy (non-hydrogen) atoms. The molecule has 0 spiro atoms. The molecule has 0 amide bonds. The molecule has 1 aromatic heterocycles. The SMILES string of the molecule is O=S(=O)(c1ccc(CCCl)cc1)N1CCn2c1nc1ccccc12. The monoisotopic (exact) mass is 361 g/mol. The minimum absolute atomic E-state index is 0.279.